The van der Waals surface area contributed by atoms with E-state index < -0.39 is 0 Å². The molecule has 2 aromatic rings. The number of hydrogen-bond acceptors (Lipinski definition) is 2. The van der Waals surface area contributed by atoms with Crippen molar-refractivity contribution in [3.05, 3.63) is 23.1 Å². The van der Waals surface area contributed by atoms with E-state index in [1.165, 1.54) is 15.4 Å². The number of thiazole rings is 1. The third-order valence-electron chi connectivity index (χ3n) is 1.72. The van der Waals surface area contributed by atoms with Gasteiger partial charge < -0.3 is 0 Å². The number of aryl methyl sites for hydroxylation is 1. The number of rotatable bonds is 1. The summed E-state index contributed by atoms with van der Waals surface area (Å²) in [5.74, 6) is 0. The lowest BCUT2D eigenvalue weighted by Crippen LogP contribution is -1.83. The number of hydrogen-bond donors (Lipinski definition) is 0. The van der Waals surface area contributed by atoms with Crippen molar-refractivity contribution >= 4 is 32.1 Å². The molecule has 0 amide bonds. The molecule has 11 heavy (non-hydrogen) atoms. The lowest BCUT2D eigenvalue weighted by Gasteiger charge is -1.90. The van der Waals surface area contributed by atoms with Crippen LogP contribution in [0.4, 0.5) is 0 Å². The Morgan fingerprint density at radius 3 is 3.18 bits per heavy atom. The van der Waals surface area contributed by atoms with Gasteiger partial charge in [0.05, 0.1) is 6.20 Å². The third kappa shape index (κ3) is 1.01. The van der Waals surface area contributed by atoms with Crippen LogP contribution in [0.15, 0.2) is 12.5 Å². The molecule has 0 N–H and O–H groups in total. The molecule has 0 saturated heterocycles. The molecule has 4 heteroatoms. The van der Waals surface area contributed by atoms with Crippen LogP contribution in [0.1, 0.15) is 10.6 Å². The van der Waals surface area contributed by atoms with Crippen molar-refractivity contribution in [2.45, 2.75) is 12.3 Å². The first kappa shape index (κ1) is 7.31. The summed E-state index contributed by atoms with van der Waals surface area (Å²) in [6, 6.07) is 0. The van der Waals surface area contributed by atoms with Gasteiger partial charge in [0.15, 0.2) is 0 Å². The summed E-state index contributed by atoms with van der Waals surface area (Å²) in [6.07, 6.45) is 3.75. The zero-order valence-corrected chi connectivity index (χ0v) is 8.44. The number of aromatic nitrogens is 2. The SMILES string of the molecule is Cc1c(CBr)sc2cncn12. The highest BCUT2D eigenvalue weighted by Gasteiger charge is 2.05. The maximum Gasteiger partial charge on any atom is 0.119 e. The number of fused-ring (bicyclic) bond motifs is 1. The minimum absolute atomic E-state index is 0.936. The Bertz CT molecular complexity index is 377. The van der Waals surface area contributed by atoms with Gasteiger partial charge in [-0.25, -0.2) is 4.98 Å². The van der Waals surface area contributed by atoms with Gasteiger partial charge in [-0.2, -0.15) is 0 Å². The standard InChI is InChI=1S/C7H7BrN2S/c1-5-6(2-8)11-7-3-9-4-10(5)7/h3-4H,2H2,1H3. The second kappa shape index (κ2) is 2.60. The quantitative estimate of drug-likeness (QED) is 0.689. The Labute approximate surface area is 77.0 Å². The average molecular weight is 231 g/mol. The second-order valence-corrected chi connectivity index (χ2v) is 4.02. The molecule has 0 saturated carbocycles. The highest BCUT2D eigenvalue weighted by Crippen LogP contribution is 2.24. The van der Waals surface area contributed by atoms with E-state index >= 15 is 0 Å². The van der Waals surface area contributed by atoms with Gasteiger partial charge in [0.2, 0.25) is 0 Å². The molecule has 0 spiro atoms. The number of alkyl halides is 1. The molecule has 0 fully saturated rings. The van der Waals surface area contributed by atoms with Crippen molar-refractivity contribution in [1.29, 1.82) is 0 Å². The molecule has 2 heterocycles. The third-order valence-corrected chi connectivity index (χ3v) is 3.85. The molecule has 0 aliphatic heterocycles. The highest BCUT2D eigenvalue weighted by atomic mass is 79.9. The molecule has 58 valence electrons. The van der Waals surface area contributed by atoms with E-state index in [1.807, 2.05) is 12.5 Å². The maximum absolute atomic E-state index is 4.06. The zero-order chi connectivity index (χ0) is 7.84. The van der Waals surface area contributed by atoms with Gasteiger partial charge >= 0.3 is 0 Å². The van der Waals surface area contributed by atoms with Crippen LogP contribution in [0.25, 0.3) is 4.83 Å². The Morgan fingerprint density at radius 1 is 1.73 bits per heavy atom. The number of imidazole rings is 1. The van der Waals surface area contributed by atoms with Gasteiger partial charge in [-0.3, -0.25) is 4.40 Å². The van der Waals surface area contributed by atoms with Crippen LogP contribution in [0.5, 0.6) is 0 Å². The first-order chi connectivity index (χ1) is 5.33. The molecule has 0 atom stereocenters. The van der Waals surface area contributed by atoms with Crippen molar-refractivity contribution in [3.8, 4) is 0 Å². The summed E-state index contributed by atoms with van der Waals surface area (Å²) < 4.78 is 2.11. The summed E-state index contributed by atoms with van der Waals surface area (Å²) >= 11 is 5.23. The fraction of sp³-hybridized carbons (Fsp3) is 0.286. The lowest BCUT2D eigenvalue weighted by molar-refractivity contribution is 1.08. The smallest absolute Gasteiger partial charge is 0.119 e. The van der Waals surface area contributed by atoms with Gasteiger partial charge in [-0.05, 0) is 6.92 Å². The first-order valence-electron chi connectivity index (χ1n) is 3.29. The largest absolute Gasteiger partial charge is 0.294 e. The van der Waals surface area contributed by atoms with Crippen LogP contribution in [0.2, 0.25) is 0 Å². The van der Waals surface area contributed by atoms with E-state index in [1.54, 1.807) is 11.3 Å². The van der Waals surface area contributed by atoms with Crippen molar-refractivity contribution < 1.29 is 0 Å². The molecule has 0 aromatic carbocycles. The van der Waals surface area contributed by atoms with Crippen molar-refractivity contribution in [1.82, 2.24) is 9.38 Å². The van der Waals surface area contributed by atoms with Crippen LogP contribution in [-0.2, 0) is 5.33 Å². The Balaban J connectivity index is 2.76. The van der Waals surface area contributed by atoms with Gasteiger partial charge in [-0.1, -0.05) is 15.9 Å². The lowest BCUT2D eigenvalue weighted by atomic mass is 10.4. The van der Waals surface area contributed by atoms with Crippen molar-refractivity contribution in [2.75, 3.05) is 0 Å². The van der Waals surface area contributed by atoms with E-state index in [4.69, 9.17) is 0 Å². The molecule has 0 radical (unpaired) electrons. The summed E-state index contributed by atoms with van der Waals surface area (Å²) in [4.78, 5) is 6.65. The van der Waals surface area contributed by atoms with E-state index in [0.29, 0.717) is 0 Å². The molecule has 2 aromatic heterocycles. The van der Waals surface area contributed by atoms with E-state index in [0.717, 1.165) is 5.33 Å². The summed E-state index contributed by atoms with van der Waals surface area (Å²) in [6.45, 7) is 2.11. The summed E-state index contributed by atoms with van der Waals surface area (Å²) in [5.41, 5.74) is 1.29. The van der Waals surface area contributed by atoms with E-state index in [2.05, 4.69) is 32.2 Å². The zero-order valence-electron chi connectivity index (χ0n) is 6.04. The highest BCUT2D eigenvalue weighted by molar-refractivity contribution is 9.08. The summed E-state index contributed by atoms with van der Waals surface area (Å²) in [7, 11) is 0. The number of halogens is 1. The summed E-state index contributed by atoms with van der Waals surface area (Å²) in [5, 5.41) is 0.936. The normalized spacial score (nSPS) is 11.1. The van der Waals surface area contributed by atoms with Gasteiger partial charge in [-0.15, -0.1) is 11.3 Å². The topological polar surface area (TPSA) is 17.3 Å². The van der Waals surface area contributed by atoms with E-state index in [-0.39, 0.29) is 0 Å². The minimum atomic E-state index is 0.936. The molecule has 0 bridgehead atoms. The van der Waals surface area contributed by atoms with Gasteiger partial charge in [0, 0.05) is 15.9 Å². The first-order valence-corrected chi connectivity index (χ1v) is 5.23. The monoisotopic (exact) mass is 230 g/mol. The second-order valence-electron chi connectivity index (χ2n) is 2.35. The molecular weight excluding hydrogens is 224 g/mol. The van der Waals surface area contributed by atoms with Crippen LogP contribution >= 0.6 is 27.3 Å². The molecule has 0 aliphatic carbocycles. The number of nitrogens with zero attached hydrogens (tertiary/aromatic N) is 2. The Hall–Kier alpha value is -0.350. The molecule has 0 unspecified atom stereocenters. The van der Waals surface area contributed by atoms with E-state index in [9.17, 15) is 0 Å². The Morgan fingerprint density at radius 2 is 2.55 bits per heavy atom. The van der Waals surface area contributed by atoms with Crippen LogP contribution in [-0.4, -0.2) is 9.38 Å². The maximum atomic E-state index is 4.06. The predicted molar refractivity (Wildman–Crippen MR) is 50.4 cm³/mol. The van der Waals surface area contributed by atoms with Crippen LogP contribution in [0.3, 0.4) is 0 Å². The van der Waals surface area contributed by atoms with Crippen LogP contribution < -0.4 is 0 Å². The molecule has 2 nitrogen and oxygen atoms in total. The Kier molecular flexibility index (Phi) is 1.73. The van der Waals surface area contributed by atoms with Gasteiger partial charge in [0.25, 0.3) is 0 Å². The van der Waals surface area contributed by atoms with Crippen molar-refractivity contribution in [2.24, 2.45) is 0 Å². The fourth-order valence-electron chi connectivity index (χ4n) is 1.07. The molecule has 2 rings (SSSR count). The minimum Gasteiger partial charge on any atom is -0.294 e. The average Bonchev–Trinajstić information content (AvgIpc) is 2.53. The molecule has 0 aliphatic rings. The van der Waals surface area contributed by atoms with Crippen LogP contribution in [0, 0.1) is 6.92 Å². The molecular formula is C7H7BrN2S. The fourth-order valence-corrected chi connectivity index (χ4v) is 2.77. The van der Waals surface area contributed by atoms with Crippen molar-refractivity contribution in [3.63, 3.8) is 0 Å². The van der Waals surface area contributed by atoms with Gasteiger partial charge in [0.1, 0.15) is 11.2 Å². The predicted octanol–water partition coefficient (Wildman–Crippen LogP) is 2.60.